The van der Waals surface area contributed by atoms with E-state index in [0.29, 0.717) is 6.42 Å². The van der Waals surface area contributed by atoms with Crippen LogP contribution in [0.2, 0.25) is 5.02 Å². The Labute approximate surface area is 105 Å². The number of hydrogen-bond donors (Lipinski definition) is 1. The van der Waals surface area contributed by atoms with Gasteiger partial charge in [-0.2, -0.15) is 0 Å². The Morgan fingerprint density at radius 2 is 2.12 bits per heavy atom. The van der Waals surface area contributed by atoms with Crippen LogP contribution in [0.5, 0.6) is 0 Å². The maximum Gasteiger partial charge on any atom is 0.244 e. The summed E-state index contributed by atoms with van der Waals surface area (Å²) in [6.45, 7) is 0.0302. The number of aliphatic hydroxyl groups excluding tert-OH is 1. The van der Waals surface area contributed by atoms with Crippen molar-refractivity contribution >= 4 is 21.6 Å². The fraction of sp³-hybridized carbons (Fsp3) is 0.400. The van der Waals surface area contributed by atoms with Gasteiger partial charge in [0.2, 0.25) is 10.0 Å². The lowest BCUT2D eigenvalue weighted by molar-refractivity contribution is 0.275. The highest BCUT2D eigenvalue weighted by Crippen LogP contribution is 2.24. The van der Waals surface area contributed by atoms with Crippen molar-refractivity contribution in [2.75, 3.05) is 20.2 Å². The van der Waals surface area contributed by atoms with E-state index in [1.807, 2.05) is 0 Å². The van der Waals surface area contributed by atoms with E-state index in [1.54, 1.807) is 0 Å². The molecule has 1 aromatic carbocycles. The van der Waals surface area contributed by atoms with Gasteiger partial charge in [0.15, 0.2) is 0 Å². The van der Waals surface area contributed by atoms with Crippen molar-refractivity contribution < 1.29 is 17.9 Å². The highest BCUT2D eigenvalue weighted by molar-refractivity contribution is 7.89. The van der Waals surface area contributed by atoms with E-state index in [2.05, 4.69) is 0 Å². The molecule has 0 fully saturated rings. The van der Waals surface area contributed by atoms with E-state index in [1.165, 1.54) is 13.1 Å². The van der Waals surface area contributed by atoms with Crippen LogP contribution in [0.3, 0.4) is 0 Å². The van der Waals surface area contributed by atoms with Crippen molar-refractivity contribution in [2.45, 2.75) is 11.3 Å². The van der Waals surface area contributed by atoms with Crippen LogP contribution >= 0.6 is 11.6 Å². The smallest absolute Gasteiger partial charge is 0.244 e. The van der Waals surface area contributed by atoms with Crippen LogP contribution in [0.25, 0.3) is 0 Å². The molecule has 7 heteroatoms. The zero-order chi connectivity index (χ0) is 13.1. The van der Waals surface area contributed by atoms with Crippen molar-refractivity contribution in [1.29, 1.82) is 0 Å². The molecular formula is C10H13ClFNO3S. The summed E-state index contributed by atoms with van der Waals surface area (Å²) in [4.78, 5) is -0.264. The maximum atomic E-state index is 13.0. The van der Waals surface area contributed by atoms with Gasteiger partial charge in [0, 0.05) is 20.2 Å². The standard InChI is InChI=1S/C10H13ClFNO3S/c1-13(5-2-6-14)17(15,16)10-7-8(12)3-4-9(10)11/h3-4,7,14H,2,5-6H2,1H3. The van der Waals surface area contributed by atoms with Crippen LogP contribution in [-0.4, -0.2) is 38.0 Å². The minimum Gasteiger partial charge on any atom is -0.396 e. The van der Waals surface area contributed by atoms with E-state index in [-0.39, 0.29) is 23.1 Å². The van der Waals surface area contributed by atoms with Gasteiger partial charge in [-0.15, -0.1) is 0 Å². The number of halogens is 2. The summed E-state index contributed by atoms with van der Waals surface area (Å²) in [6, 6.07) is 3.17. The topological polar surface area (TPSA) is 57.6 Å². The second-order valence-corrected chi connectivity index (χ2v) is 5.90. The lowest BCUT2D eigenvalue weighted by Gasteiger charge is -2.17. The van der Waals surface area contributed by atoms with Gasteiger partial charge in [-0.25, -0.2) is 17.1 Å². The number of sulfonamides is 1. The minimum absolute atomic E-state index is 0.0257. The van der Waals surface area contributed by atoms with E-state index in [9.17, 15) is 12.8 Å². The maximum absolute atomic E-state index is 13.0. The highest BCUT2D eigenvalue weighted by Gasteiger charge is 2.23. The molecule has 0 aliphatic rings. The largest absolute Gasteiger partial charge is 0.396 e. The average Bonchev–Trinajstić information content (AvgIpc) is 2.28. The van der Waals surface area contributed by atoms with Gasteiger partial charge in [0.25, 0.3) is 0 Å². The van der Waals surface area contributed by atoms with Gasteiger partial charge < -0.3 is 5.11 Å². The third-order valence-electron chi connectivity index (χ3n) is 2.21. The number of benzene rings is 1. The van der Waals surface area contributed by atoms with Crippen molar-refractivity contribution in [3.8, 4) is 0 Å². The predicted molar refractivity (Wildman–Crippen MR) is 62.9 cm³/mol. The Morgan fingerprint density at radius 3 is 2.71 bits per heavy atom. The second kappa shape index (κ2) is 5.77. The Bertz CT molecular complexity index is 492. The summed E-state index contributed by atoms with van der Waals surface area (Å²) in [5, 5.41) is 8.62. The number of hydrogen-bond acceptors (Lipinski definition) is 3. The van der Waals surface area contributed by atoms with Crippen LogP contribution in [0.4, 0.5) is 4.39 Å². The van der Waals surface area contributed by atoms with Crippen LogP contribution in [0, 0.1) is 5.82 Å². The molecule has 4 nitrogen and oxygen atoms in total. The third-order valence-corrected chi connectivity index (χ3v) is 4.55. The molecule has 0 aliphatic heterocycles. The lowest BCUT2D eigenvalue weighted by atomic mass is 10.3. The number of rotatable bonds is 5. The van der Waals surface area contributed by atoms with Crippen LogP contribution in [-0.2, 0) is 10.0 Å². The van der Waals surface area contributed by atoms with E-state index >= 15 is 0 Å². The fourth-order valence-electron chi connectivity index (χ4n) is 1.26. The minimum atomic E-state index is -3.81. The average molecular weight is 282 g/mol. The van der Waals surface area contributed by atoms with Crippen LogP contribution in [0.1, 0.15) is 6.42 Å². The zero-order valence-electron chi connectivity index (χ0n) is 9.23. The van der Waals surface area contributed by atoms with Gasteiger partial charge in [-0.3, -0.25) is 0 Å². The molecule has 0 saturated carbocycles. The lowest BCUT2D eigenvalue weighted by Crippen LogP contribution is -2.28. The van der Waals surface area contributed by atoms with Crippen molar-refractivity contribution in [3.63, 3.8) is 0 Å². The molecule has 0 saturated heterocycles. The molecule has 0 aliphatic carbocycles. The van der Waals surface area contributed by atoms with Gasteiger partial charge in [0.05, 0.1) is 5.02 Å². The molecule has 1 rings (SSSR count). The fourth-order valence-corrected chi connectivity index (χ4v) is 2.95. The highest BCUT2D eigenvalue weighted by atomic mass is 35.5. The van der Waals surface area contributed by atoms with E-state index < -0.39 is 15.8 Å². The molecule has 0 heterocycles. The normalized spacial score (nSPS) is 12.1. The molecule has 17 heavy (non-hydrogen) atoms. The summed E-state index contributed by atoms with van der Waals surface area (Å²) in [5.41, 5.74) is 0. The first-order valence-electron chi connectivity index (χ1n) is 4.92. The molecule has 96 valence electrons. The van der Waals surface area contributed by atoms with Crippen molar-refractivity contribution in [3.05, 3.63) is 29.0 Å². The quantitative estimate of drug-likeness (QED) is 0.889. The van der Waals surface area contributed by atoms with Gasteiger partial charge in [-0.1, -0.05) is 11.6 Å². The molecule has 0 amide bonds. The second-order valence-electron chi connectivity index (χ2n) is 3.48. The van der Waals surface area contributed by atoms with Gasteiger partial charge in [0.1, 0.15) is 10.7 Å². The SMILES string of the molecule is CN(CCCO)S(=O)(=O)c1cc(F)ccc1Cl. The first-order chi connectivity index (χ1) is 7.89. The number of nitrogens with zero attached hydrogens (tertiary/aromatic N) is 1. The summed E-state index contributed by atoms with van der Waals surface area (Å²) in [6.07, 6.45) is 0.308. The molecular weight excluding hydrogens is 269 g/mol. The Balaban J connectivity index is 3.08. The molecule has 0 bridgehead atoms. The van der Waals surface area contributed by atoms with Crippen molar-refractivity contribution in [1.82, 2.24) is 4.31 Å². The third kappa shape index (κ3) is 3.38. The summed E-state index contributed by atoms with van der Waals surface area (Å²) in [7, 11) is -2.46. The first kappa shape index (κ1) is 14.4. The monoisotopic (exact) mass is 281 g/mol. The molecule has 1 aromatic rings. The summed E-state index contributed by atoms with van der Waals surface area (Å²) in [5.74, 6) is -0.663. The van der Waals surface area contributed by atoms with Gasteiger partial charge in [-0.05, 0) is 24.6 Å². The molecule has 1 N–H and O–H groups in total. The predicted octanol–water partition coefficient (Wildman–Crippen LogP) is 1.48. The van der Waals surface area contributed by atoms with E-state index in [4.69, 9.17) is 16.7 Å². The summed E-state index contributed by atoms with van der Waals surface area (Å²) < 4.78 is 38.1. The number of aliphatic hydroxyl groups is 1. The van der Waals surface area contributed by atoms with Gasteiger partial charge >= 0.3 is 0 Å². The van der Waals surface area contributed by atoms with E-state index in [0.717, 1.165) is 16.4 Å². The first-order valence-corrected chi connectivity index (χ1v) is 6.73. The molecule has 0 aromatic heterocycles. The van der Waals surface area contributed by atoms with Crippen LogP contribution < -0.4 is 0 Å². The van der Waals surface area contributed by atoms with Crippen LogP contribution in [0.15, 0.2) is 23.1 Å². The summed E-state index contributed by atoms with van der Waals surface area (Å²) >= 11 is 5.74. The zero-order valence-corrected chi connectivity index (χ0v) is 10.8. The molecule has 0 radical (unpaired) electrons. The Kier molecular flexibility index (Phi) is 4.88. The molecule has 0 unspecified atom stereocenters. The van der Waals surface area contributed by atoms with Crippen molar-refractivity contribution in [2.24, 2.45) is 0 Å². The molecule has 0 spiro atoms. The Hall–Kier alpha value is -0.690. The molecule has 0 atom stereocenters. The Morgan fingerprint density at radius 1 is 1.47 bits per heavy atom.